The average molecular weight is 332 g/mol. The predicted molar refractivity (Wildman–Crippen MR) is 89.1 cm³/mol. The molecule has 0 radical (unpaired) electrons. The van der Waals surface area contributed by atoms with Crippen molar-refractivity contribution in [3.8, 4) is 11.5 Å². The maximum absolute atomic E-state index is 6.06. The molecule has 6 nitrogen and oxygen atoms in total. The largest absolute Gasteiger partial charge is 0.497 e. The van der Waals surface area contributed by atoms with E-state index in [2.05, 4.69) is 4.98 Å². The first-order chi connectivity index (χ1) is 11.8. The van der Waals surface area contributed by atoms with Crippen LogP contribution < -0.4 is 9.47 Å². The third-order valence-electron chi connectivity index (χ3n) is 4.20. The summed E-state index contributed by atoms with van der Waals surface area (Å²) in [4.78, 5) is 4.07. The quantitative estimate of drug-likeness (QED) is 0.780. The molecule has 2 aromatic rings. The Morgan fingerprint density at radius 2 is 2.17 bits per heavy atom. The van der Waals surface area contributed by atoms with Gasteiger partial charge >= 0.3 is 0 Å². The lowest BCUT2D eigenvalue weighted by atomic mass is 10.1. The number of methoxy groups -OCH3 is 2. The number of ether oxygens (including phenoxy) is 4. The monoisotopic (exact) mass is 332 g/mol. The molecule has 2 heterocycles. The lowest BCUT2D eigenvalue weighted by Crippen LogP contribution is -2.32. The molecule has 1 aliphatic rings. The second kappa shape index (κ2) is 8.17. The Balaban J connectivity index is 1.54. The van der Waals surface area contributed by atoms with Gasteiger partial charge in [0.2, 0.25) is 0 Å². The van der Waals surface area contributed by atoms with Gasteiger partial charge < -0.3 is 23.5 Å². The summed E-state index contributed by atoms with van der Waals surface area (Å²) in [5.74, 6) is 1.53. The number of benzene rings is 1. The van der Waals surface area contributed by atoms with Gasteiger partial charge in [0.05, 0.1) is 33.3 Å². The molecule has 0 bridgehead atoms. The minimum Gasteiger partial charge on any atom is -0.497 e. The molecule has 0 saturated carbocycles. The lowest BCUT2D eigenvalue weighted by Gasteiger charge is -2.30. The number of hydrogen-bond acceptors (Lipinski definition) is 5. The van der Waals surface area contributed by atoms with E-state index in [0.29, 0.717) is 6.61 Å². The first kappa shape index (κ1) is 16.8. The summed E-state index contributed by atoms with van der Waals surface area (Å²) in [7, 11) is 3.29. The van der Waals surface area contributed by atoms with Crippen LogP contribution in [-0.2, 0) is 22.6 Å². The molecule has 1 aromatic heterocycles. The van der Waals surface area contributed by atoms with Crippen LogP contribution in [0.5, 0.6) is 11.5 Å². The van der Waals surface area contributed by atoms with Crippen molar-refractivity contribution in [2.45, 2.75) is 44.8 Å². The van der Waals surface area contributed by atoms with Gasteiger partial charge in [-0.3, -0.25) is 0 Å². The summed E-state index contributed by atoms with van der Waals surface area (Å²) in [5.41, 5.74) is 0.985. The molecule has 2 unspecified atom stereocenters. The third-order valence-corrected chi connectivity index (χ3v) is 4.20. The highest BCUT2D eigenvalue weighted by Gasteiger charge is 2.23. The van der Waals surface area contributed by atoms with Crippen LogP contribution in [0.3, 0.4) is 0 Å². The number of rotatable bonds is 7. The molecule has 2 atom stereocenters. The van der Waals surface area contributed by atoms with E-state index in [4.69, 9.17) is 18.9 Å². The van der Waals surface area contributed by atoms with Crippen LogP contribution in [0.4, 0.5) is 0 Å². The van der Waals surface area contributed by atoms with E-state index < -0.39 is 0 Å². The van der Waals surface area contributed by atoms with Gasteiger partial charge in [-0.2, -0.15) is 0 Å². The van der Waals surface area contributed by atoms with Gasteiger partial charge in [-0.1, -0.05) is 0 Å². The third kappa shape index (κ3) is 4.27. The average Bonchev–Trinajstić information content (AvgIpc) is 3.13. The molecule has 1 aliphatic heterocycles. The summed E-state index contributed by atoms with van der Waals surface area (Å²) in [5, 5.41) is 0. The number of aromatic nitrogens is 2. The van der Waals surface area contributed by atoms with Crippen LogP contribution in [0, 0.1) is 0 Å². The van der Waals surface area contributed by atoms with Gasteiger partial charge in [0.15, 0.2) is 6.29 Å². The number of hydrogen-bond donors (Lipinski definition) is 0. The molecule has 24 heavy (non-hydrogen) atoms. The highest BCUT2D eigenvalue weighted by atomic mass is 16.7. The van der Waals surface area contributed by atoms with Crippen LogP contribution in [-0.4, -0.2) is 36.2 Å². The van der Waals surface area contributed by atoms with E-state index in [-0.39, 0.29) is 12.4 Å². The standard InChI is InChI=1S/C18H24N2O4/c1-21-15-7-6-14(17(10-15)22-2)12-23-18-5-3-4-16(24-18)11-20-9-8-19-13-20/h6-10,13,16,18H,3-5,11-12H2,1-2H3. The van der Waals surface area contributed by atoms with Crippen molar-refractivity contribution in [1.82, 2.24) is 9.55 Å². The topological polar surface area (TPSA) is 54.7 Å². The highest BCUT2D eigenvalue weighted by Crippen LogP contribution is 2.27. The van der Waals surface area contributed by atoms with E-state index in [0.717, 1.165) is 42.9 Å². The maximum Gasteiger partial charge on any atom is 0.158 e. The Labute approximate surface area is 142 Å². The van der Waals surface area contributed by atoms with Crippen LogP contribution in [0.2, 0.25) is 0 Å². The van der Waals surface area contributed by atoms with Crippen LogP contribution >= 0.6 is 0 Å². The number of imidazole rings is 1. The van der Waals surface area contributed by atoms with Crippen molar-refractivity contribution in [3.05, 3.63) is 42.5 Å². The summed E-state index contributed by atoms with van der Waals surface area (Å²) in [6.07, 6.45) is 8.60. The highest BCUT2D eigenvalue weighted by molar-refractivity contribution is 5.40. The zero-order valence-electron chi connectivity index (χ0n) is 14.2. The molecule has 130 valence electrons. The SMILES string of the molecule is COc1ccc(COC2CCCC(Cn3ccnc3)O2)c(OC)c1. The first-order valence-corrected chi connectivity index (χ1v) is 8.22. The summed E-state index contributed by atoms with van der Waals surface area (Å²) in [6.45, 7) is 1.27. The molecule has 0 amide bonds. The summed E-state index contributed by atoms with van der Waals surface area (Å²) < 4.78 is 24.7. The minimum absolute atomic E-state index is 0.163. The number of nitrogens with zero attached hydrogens (tertiary/aromatic N) is 2. The molecule has 3 rings (SSSR count). The van der Waals surface area contributed by atoms with Crippen molar-refractivity contribution in [1.29, 1.82) is 0 Å². The second-order valence-corrected chi connectivity index (χ2v) is 5.87. The molecule has 6 heteroatoms. The smallest absolute Gasteiger partial charge is 0.158 e. The van der Waals surface area contributed by atoms with Crippen molar-refractivity contribution < 1.29 is 18.9 Å². The molecule has 1 fully saturated rings. The fourth-order valence-electron chi connectivity index (χ4n) is 2.90. The Hall–Kier alpha value is -2.05. The van der Waals surface area contributed by atoms with Gasteiger partial charge in [-0.15, -0.1) is 0 Å². The molecule has 1 aromatic carbocycles. The Kier molecular flexibility index (Phi) is 5.72. The van der Waals surface area contributed by atoms with E-state index >= 15 is 0 Å². The Bertz CT molecular complexity index is 630. The molecule has 0 N–H and O–H groups in total. The van der Waals surface area contributed by atoms with Crippen molar-refractivity contribution in [3.63, 3.8) is 0 Å². The van der Waals surface area contributed by atoms with Crippen molar-refractivity contribution >= 4 is 0 Å². The van der Waals surface area contributed by atoms with Crippen molar-refractivity contribution in [2.75, 3.05) is 14.2 Å². The van der Waals surface area contributed by atoms with E-state index in [1.54, 1.807) is 20.4 Å². The lowest BCUT2D eigenvalue weighted by molar-refractivity contribution is -0.202. The van der Waals surface area contributed by atoms with Gasteiger partial charge in [0.1, 0.15) is 11.5 Å². The Morgan fingerprint density at radius 1 is 1.25 bits per heavy atom. The molecule has 0 aliphatic carbocycles. The second-order valence-electron chi connectivity index (χ2n) is 5.87. The van der Waals surface area contributed by atoms with Crippen LogP contribution in [0.25, 0.3) is 0 Å². The predicted octanol–water partition coefficient (Wildman–Crippen LogP) is 3.01. The van der Waals surface area contributed by atoms with Gasteiger partial charge in [0.25, 0.3) is 0 Å². The fourth-order valence-corrected chi connectivity index (χ4v) is 2.90. The Morgan fingerprint density at radius 3 is 2.92 bits per heavy atom. The zero-order valence-corrected chi connectivity index (χ0v) is 14.2. The molecule has 1 saturated heterocycles. The fraction of sp³-hybridized carbons (Fsp3) is 0.500. The molecule has 0 spiro atoms. The van der Waals surface area contributed by atoms with Crippen LogP contribution in [0.15, 0.2) is 36.9 Å². The van der Waals surface area contributed by atoms with Gasteiger partial charge in [-0.25, -0.2) is 4.98 Å². The van der Waals surface area contributed by atoms with E-state index in [9.17, 15) is 0 Å². The van der Waals surface area contributed by atoms with Crippen molar-refractivity contribution in [2.24, 2.45) is 0 Å². The minimum atomic E-state index is -0.181. The van der Waals surface area contributed by atoms with E-state index in [1.165, 1.54) is 0 Å². The summed E-state index contributed by atoms with van der Waals surface area (Å²) in [6, 6.07) is 5.73. The van der Waals surface area contributed by atoms with Gasteiger partial charge in [0, 0.05) is 30.6 Å². The maximum atomic E-state index is 6.06. The normalized spacial score (nSPS) is 20.8. The zero-order chi connectivity index (χ0) is 16.8. The first-order valence-electron chi connectivity index (χ1n) is 8.22. The van der Waals surface area contributed by atoms with Gasteiger partial charge in [-0.05, 0) is 31.4 Å². The summed E-state index contributed by atoms with van der Waals surface area (Å²) >= 11 is 0. The van der Waals surface area contributed by atoms with Crippen LogP contribution in [0.1, 0.15) is 24.8 Å². The van der Waals surface area contributed by atoms with E-state index in [1.807, 2.05) is 35.3 Å². The molecular weight excluding hydrogens is 308 g/mol. The molecular formula is C18H24N2O4.